The normalized spacial score (nSPS) is 11.3. The average Bonchev–Trinajstić information content (AvgIpc) is 3.29. The van der Waals surface area contributed by atoms with E-state index in [0.29, 0.717) is 36.8 Å². The molecule has 0 saturated heterocycles. The van der Waals surface area contributed by atoms with Gasteiger partial charge in [-0.2, -0.15) is 0 Å². The van der Waals surface area contributed by atoms with E-state index in [9.17, 15) is 14.7 Å². The standard InChI is InChI=1S/C34H36ClNO6/c1-23-19-24(2)34(35)30(20-23)42-18-4-3-17-41-28-14-11-25(12-15-28)10-13-26-7-5-8-29-33(26)27(21-32(39)40)22-36(29)16-6-9-31(37)38/h5,7-8,10-15,19-20,22H,3-4,6,9,16-18,21H2,1-2H3,(H,37,38)(H,39,40). The van der Waals surface area contributed by atoms with Crippen LogP contribution < -0.4 is 9.47 Å². The predicted octanol–water partition coefficient (Wildman–Crippen LogP) is 7.81. The molecule has 0 saturated carbocycles. The fourth-order valence-electron chi connectivity index (χ4n) is 4.94. The van der Waals surface area contributed by atoms with Gasteiger partial charge in [0.2, 0.25) is 0 Å². The molecule has 1 aromatic heterocycles. The number of aromatic nitrogens is 1. The van der Waals surface area contributed by atoms with Gasteiger partial charge < -0.3 is 24.3 Å². The van der Waals surface area contributed by atoms with Gasteiger partial charge in [0.1, 0.15) is 11.5 Å². The molecule has 0 radical (unpaired) electrons. The molecule has 0 aliphatic rings. The number of halogens is 1. The Morgan fingerprint density at radius 2 is 1.64 bits per heavy atom. The zero-order chi connectivity index (χ0) is 30.1. The molecule has 4 aromatic rings. The Labute approximate surface area is 251 Å². The molecule has 0 aliphatic carbocycles. The summed E-state index contributed by atoms with van der Waals surface area (Å²) in [7, 11) is 0. The molecule has 4 rings (SSSR count). The van der Waals surface area contributed by atoms with Gasteiger partial charge >= 0.3 is 11.9 Å². The van der Waals surface area contributed by atoms with Crippen molar-refractivity contribution in [2.75, 3.05) is 13.2 Å². The van der Waals surface area contributed by atoms with Crippen LogP contribution in [0.1, 0.15) is 53.5 Å². The Morgan fingerprint density at radius 3 is 2.36 bits per heavy atom. The topological polar surface area (TPSA) is 98.0 Å². The number of nitrogens with zero attached hydrogens (tertiary/aromatic N) is 1. The van der Waals surface area contributed by atoms with E-state index in [2.05, 4.69) is 0 Å². The maximum atomic E-state index is 11.5. The van der Waals surface area contributed by atoms with Gasteiger partial charge in [-0.1, -0.05) is 54.1 Å². The first kappa shape index (κ1) is 30.7. The van der Waals surface area contributed by atoms with Crippen LogP contribution in [0.25, 0.3) is 23.1 Å². The highest BCUT2D eigenvalue weighted by Gasteiger charge is 2.14. The molecular formula is C34H36ClNO6. The fraction of sp³-hybridized carbons (Fsp3) is 0.294. The van der Waals surface area contributed by atoms with Gasteiger partial charge in [0, 0.05) is 30.1 Å². The molecule has 0 amide bonds. The molecule has 0 unspecified atom stereocenters. The first-order valence-corrected chi connectivity index (χ1v) is 14.4. The third-order valence-corrected chi connectivity index (χ3v) is 7.40. The summed E-state index contributed by atoms with van der Waals surface area (Å²) in [6.07, 6.45) is 7.91. The molecule has 8 heteroatoms. The number of carboxylic acid groups (broad SMARTS) is 2. The second kappa shape index (κ2) is 14.6. The SMILES string of the molecule is Cc1cc(C)c(Cl)c(OCCCCOc2ccc(C=Cc3cccc4c3c(CC(=O)O)cn4CCCC(=O)O)cc2)c1. The molecule has 42 heavy (non-hydrogen) atoms. The first-order chi connectivity index (χ1) is 20.2. The van der Waals surface area contributed by atoms with Crippen molar-refractivity contribution in [3.8, 4) is 11.5 Å². The second-order valence-corrected chi connectivity index (χ2v) is 10.7. The van der Waals surface area contributed by atoms with Gasteiger partial charge in [-0.15, -0.1) is 0 Å². The van der Waals surface area contributed by atoms with Crippen molar-refractivity contribution in [2.24, 2.45) is 0 Å². The molecule has 0 spiro atoms. The number of ether oxygens (including phenoxy) is 2. The van der Waals surface area contributed by atoms with Crippen molar-refractivity contribution < 1.29 is 29.3 Å². The molecule has 2 N–H and O–H groups in total. The highest BCUT2D eigenvalue weighted by atomic mass is 35.5. The van der Waals surface area contributed by atoms with Gasteiger partial charge in [-0.25, -0.2) is 0 Å². The van der Waals surface area contributed by atoms with E-state index in [1.54, 1.807) is 0 Å². The van der Waals surface area contributed by atoms with Crippen molar-refractivity contribution in [2.45, 2.75) is 52.5 Å². The molecule has 0 bridgehead atoms. The highest BCUT2D eigenvalue weighted by Crippen LogP contribution is 2.30. The summed E-state index contributed by atoms with van der Waals surface area (Å²) >= 11 is 6.34. The van der Waals surface area contributed by atoms with Gasteiger partial charge in [0.05, 0.1) is 24.7 Å². The van der Waals surface area contributed by atoms with E-state index in [1.165, 1.54) is 0 Å². The van der Waals surface area contributed by atoms with Crippen LogP contribution in [-0.4, -0.2) is 39.9 Å². The summed E-state index contributed by atoms with van der Waals surface area (Å²) in [6, 6.07) is 17.6. The molecule has 1 heterocycles. The molecule has 0 atom stereocenters. The lowest BCUT2D eigenvalue weighted by molar-refractivity contribution is -0.137. The first-order valence-electron chi connectivity index (χ1n) is 14.1. The zero-order valence-electron chi connectivity index (χ0n) is 23.9. The lowest BCUT2D eigenvalue weighted by Gasteiger charge is -2.11. The van der Waals surface area contributed by atoms with E-state index in [0.717, 1.165) is 57.5 Å². The second-order valence-electron chi connectivity index (χ2n) is 10.4. The zero-order valence-corrected chi connectivity index (χ0v) is 24.7. The number of unbranched alkanes of at least 4 members (excludes halogenated alkanes) is 1. The molecule has 220 valence electrons. The van der Waals surface area contributed by atoms with Crippen LogP contribution in [0.5, 0.6) is 11.5 Å². The molecule has 0 fully saturated rings. The summed E-state index contributed by atoms with van der Waals surface area (Å²) in [5.74, 6) is -0.245. The number of hydrogen-bond acceptors (Lipinski definition) is 4. The number of aliphatic carboxylic acids is 2. The summed E-state index contributed by atoms with van der Waals surface area (Å²) in [5, 5.41) is 20.0. The number of aryl methyl sites for hydroxylation is 3. The van der Waals surface area contributed by atoms with E-state index in [1.807, 2.05) is 91.4 Å². The van der Waals surface area contributed by atoms with E-state index < -0.39 is 11.9 Å². The van der Waals surface area contributed by atoms with Gasteiger partial charge in [-0.3, -0.25) is 9.59 Å². The lowest BCUT2D eigenvalue weighted by Crippen LogP contribution is -2.03. The Morgan fingerprint density at radius 1 is 0.905 bits per heavy atom. The van der Waals surface area contributed by atoms with Crippen molar-refractivity contribution in [1.29, 1.82) is 0 Å². The summed E-state index contributed by atoms with van der Waals surface area (Å²) in [6.45, 7) is 5.66. The predicted molar refractivity (Wildman–Crippen MR) is 167 cm³/mol. The third kappa shape index (κ3) is 8.40. The Hall–Kier alpha value is -4.23. The minimum Gasteiger partial charge on any atom is -0.494 e. The van der Waals surface area contributed by atoms with Crippen LogP contribution in [0.2, 0.25) is 5.02 Å². The average molecular weight is 590 g/mol. The van der Waals surface area contributed by atoms with Crippen LogP contribution in [-0.2, 0) is 22.6 Å². The third-order valence-electron chi connectivity index (χ3n) is 6.91. The Kier molecular flexibility index (Phi) is 10.7. The van der Waals surface area contributed by atoms with Gasteiger partial charge in [0.25, 0.3) is 0 Å². The minimum atomic E-state index is -0.910. The van der Waals surface area contributed by atoms with Crippen LogP contribution in [0.3, 0.4) is 0 Å². The Balaban J connectivity index is 1.33. The number of benzene rings is 3. The molecule has 7 nitrogen and oxygen atoms in total. The molecular weight excluding hydrogens is 554 g/mol. The summed E-state index contributed by atoms with van der Waals surface area (Å²) in [4.78, 5) is 22.5. The molecule has 3 aromatic carbocycles. The smallest absolute Gasteiger partial charge is 0.307 e. The largest absolute Gasteiger partial charge is 0.494 e. The van der Waals surface area contributed by atoms with Crippen molar-refractivity contribution in [3.63, 3.8) is 0 Å². The maximum Gasteiger partial charge on any atom is 0.307 e. The quantitative estimate of drug-likeness (QED) is 0.108. The number of fused-ring (bicyclic) bond motifs is 1. The number of hydrogen-bond donors (Lipinski definition) is 2. The van der Waals surface area contributed by atoms with E-state index >= 15 is 0 Å². The van der Waals surface area contributed by atoms with Crippen LogP contribution in [0.15, 0.2) is 60.8 Å². The van der Waals surface area contributed by atoms with Crippen LogP contribution in [0, 0.1) is 13.8 Å². The maximum absolute atomic E-state index is 11.5. The Bertz CT molecular complexity index is 1570. The lowest BCUT2D eigenvalue weighted by atomic mass is 10.0. The summed E-state index contributed by atoms with van der Waals surface area (Å²) < 4.78 is 13.7. The van der Waals surface area contributed by atoms with Gasteiger partial charge in [0.15, 0.2) is 0 Å². The van der Waals surface area contributed by atoms with Gasteiger partial charge in [-0.05, 0) is 85.2 Å². The monoisotopic (exact) mass is 589 g/mol. The minimum absolute atomic E-state index is 0.0602. The van der Waals surface area contributed by atoms with Crippen molar-refractivity contribution in [1.82, 2.24) is 4.57 Å². The fourth-order valence-corrected chi connectivity index (χ4v) is 5.11. The van der Waals surface area contributed by atoms with Crippen LogP contribution >= 0.6 is 11.6 Å². The van der Waals surface area contributed by atoms with Crippen LogP contribution in [0.4, 0.5) is 0 Å². The number of carboxylic acids is 2. The highest BCUT2D eigenvalue weighted by molar-refractivity contribution is 6.32. The van der Waals surface area contributed by atoms with Crippen molar-refractivity contribution in [3.05, 3.63) is 93.6 Å². The van der Waals surface area contributed by atoms with E-state index in [4.69, 9.17) is 26.2 Å². The van der Waals surface area contributed by atoms with E-state index in [-0.39, 0.29) is 12.8 Å². The van der Waals surface area contributed by atoms with Crippen molar-refractivity contribution >= 4 is 46.6 Å². The summed E-state index contributed by atoms with van der Waals surface area (Å²) in [5.41, 5.74) is 5.63. The number of carbonyl (C=O) groups is 2. The molecule has 0 aliphatic heterocycles. The number of rotatable bonds is 15.